The highest BCUT2D eigenvalue weighted by Gasteiger charge is 2.08. The summed E-state index contributed by atoms with van der Waals surface area (Å²) in [5.74, 6) is 0.834. The van der Waals surface area contributed by atoms with E-state index in [1.54, 1.807) is 7.11 Å². The van der Waals surface area contributed by atoms with Crippen molar-refractivity contribution in [3.8, 4) is 0 Å². The van der Waals surface area contributed by atoms with Crippen molar-refractivity contribution in [2.45, 2.75) is 20.4 Å². The van der Waals surface area contributed by atoms with Gasteiger partial charge in [-0.05, 0) is 47.5 Å². The third kappa shape index (κ3) is 3.58. The molecule has 0 amide bonds. The van der Waals surface area contributed by atoms with Gasteiger partial charge in [0.1, 0.15) is 0 Å². The summed E-state index contributed by atoms with van der Waals surface area (Å²) in [6, 6.07) is 6.19. The second-order valence-electron chi connectivity index (χ2n) is 4.50. The molecule has 0 spiro atoms. The molecule has 19 heavy (non-hydrogen) atoms. The highest BCUT2D eigenvalue weighted by molar-refractivity contribution is 9.10. The monoisotopic (exact) mass is 323 g/mol. The van der Waals surface area contributed by atoms with Crippen molar-refractivity contribution < 1.29 is 4.74 Å². The fourth-order valence-corrected chi connectivity index (χ4v) is 2.21. The summed E-state index contributed by atoms with van der Waals surface area (Å²) in [7, 11) is 1.70. The van der Waals surface area contributed by atoms with Gasteiger partial charge in [0.15, 0.2) is 0 Å². The SMILES string of the molecule is COCCn1cc(C)nc1Nc1cc(C)ccc1Br. The van der Waals surface area contributed by atoms with Crippen LogP contribution in [0.3, 0.4) is 0 Å². The maximum Gasteiger partial charge on any atom is 0.207 e. The molecule has 1 aromatic carbocycles. The van der Waals surface area contributed by atoms with Crippen LogP contribution in [0, 0.1) is 13.8 Å². The van der Waals surface area contributed by atoms with E-state index in [2.05, 4.69) is 49.9 Å². The molecule has 2 aromatic rings. The third-order valence-corrected chi connectivity index (χ3v) is 3.49. The Kier molecular flexibility index (Phi) is 4.61. The lowest BCUT2D eigenvalue weighted by Gasteiger charge is -2.11. The summed E-state index contributed by atoms with van der Waals surface area (Å²) in [6.07, 6.45) is 2.02. The summed E-state index contributed by atoms with van der Waals surface area (Å²) >= 11 is 3.55. The number of imidazole rings is 1. The number of rotatable bonds is 5. The van der Waals surface area contributed by atoms with Crippen LogP contribution in [0.15, 0.2) is 28.9 Å². The van der Waals surface area contributed by atoms with Crippen molar-refractivity contribution in [1.82, 2.24) is 9.55 Å². The van der Waals surface area contributed by atoms with Crippen LogP contribution in [0.25, 0.3) is 0 Å². The Balaban J connectivity index is 2.24. The predicted molar refractivity (Wildman–Crippen MR) is 81.0 cm³/mol. The summed E-state index contributed by atoms with van der Waals surface area (Å²) in [5.41, 5.74) is 3.21. The average Bonchev–Trinajstić information content (AvgIpc) is 2.71. The van der Waals surface area contributed by atoms with Crippen LogP contribution >= 0.6 is 15.9 Å². The number of halogens is 1. The minimum Gasteiger partial charge on any atom is -0.383 e. The number of aryl methyl sites for hydroxylation is 2. The molecule has 5 heteroatoms. The number of benzene rings is 1. The number of ether oxygens (including phenoxy) is 1. The molecule has 0 saturated carbocycles. The first kappa shape index (κ1) is 14.1. The van der Waals surface area contributed by atoms with Gasteiger partial charge in [-0.15, -0.1) is 0 Å². The number of anilines is 2. The molecule has 2 rings (SSSR count). The molecule has 0 saturated heterocycles. The largest absolute Gasteiger partial charge is 0.383 e. The molecule has 1 N–H and O–H groups in total. The number of methoxy groups -OCH3 is 1. The van der Waals surface area contributed by atoms with Gasteiger partial charge in [-0.3, -0.25) is 0 Å². The first-order valence-electron chi connectivity index (χ1n) is 6.16. The van der Waals surface area contributed by atoms with Crippen LogP contribution in [0.5, 0.6) is 0 Å². The molecule has 0 atom stereocenters. The van der Waals surface area contributed by atoms with Gasteiger partial charge in [0.05, 0.1) is 18.0 Å². The van der Waals surface area contributed by atoms with Gasteiger partial charge >= 0.3 is 0 Å². The second-order valence-corrected chi connectivity index (χ2v) is 5.35. The maximum absolute atomic E-state index is 5.12. The molecule has 102 valence electrons. The van der Waals surface area contributed by atoms with Gasteiger partial charge in [-0.25, -0.2) is 4.98 Å². The lowest BCUT2D eigenvalue weighted by molar-refractivity contribution is 0.188. The number of hydrogen-bond acceptors (Lipinski definition) is 3. The molecule has 0 aliphatic carbocycles. The Morgan fingerprint density at radius 1 is 1.37 bits per heavy atom. The van der Waals surface area contributed by atoms with Crippen molar-refractivity contribution in [1.29, 1.82) is 0 Å². The molecular weight excluding hydrogens is 306 g/mol. The summed E-state index contributed by atoms with van der Waals surface area (Å²) in [4.78, 5) is 4.51. The highest BCUT2D eigenvalue weighted by Crippen LogP contribution is 2.26. The van der Waals surface area contributed by atoms with E-state index in [4.69, 9.17) is 4.74 Å². The molecule has 0 aliphatic rings. The van der Waals surface area contributed by atoms with E-state index in [0.29, 0.717) is 6.61 Å². The Bertz CT molecular complexity index is 566. The van der Waals surface area contributed by atoms with E-state index in [1.165, 1.54) is 5.56 Å². The minimum atomic E-state index is 0.666. The van der Waals surface area contributed by atoms with E-state index in [0.717, 1.165) is 28.3 Å². The Morgan fingerprint density at radius 3 is 2.89 bits per heavy atom. The van der Waals surface area contributed by atoms with Crippen LogP contribution in [-0.2, 0) is 11.3 Å². The zero-order valence-electron chi connectivity index (χ0n) is 11.4. The quantitative estimate of drug-likeness (QED) is 0.912. The summed E-state index contributed by atoms with van der Waals surface area (Å²) in [6.45, 7) is 5.50. The van der Waals surface area contributed by atoms with Gasteiger partial charge < -0.3 is 14.6 Å². The van der Waals surface area contributed by atoms with E-state index in [1.807, 2.05) is 19.2 Å². The number of nitrogens with zero attached hydrogens (tertiary/aromatic N) is 2. The third-order valence-electron chi connectivity index (χ3n) is 2.80. The van der Waals surface area contributed by atoms with Gasteiger partial charge in [-0.2, -0.15) is 0 Å². The van der Waals surface area contributed by atoms with Crippen molar-refractivity contribution in [3.63, 3.8) is 0 Å². The number of hydrogen-bond donors (Lipinski definition) is 1. The Hall–Kier alpha value is -1.33. The van der Waals surface area contributed by atoms with Gasteiger partial charge in [0.25, 0.3) is 0 Å². The lowest BCUT2D eigenvalue weighted by atomic mass is 10.2. The van der Waals surface area contributed by atoms with Crippen molar-refractivity contribution >= 4 is 27.6 Å². The number of nitrogens with one attached hydrogen (secondary N) is 1. The van der Waals surface area contributed by atoms with Gasteiger partial charge in [0.2, 0.25) is 5.95 Å². The van der Waals surface area contributed by atoms with Crippen LogP contribution in [0.1, 0.15) is 11.3 Å². The molecule has 0 aliphatic heterocycles. The minimum absolute atomic E-state index is 0.666. The van der Waals surface area contributed by atoms with Gasteiger partial charge in [0, 0.05) is 24.3 Å². The van der Waals surface area contributed by atoms with Crippen LogP contribution < -0.4 is 5.32 Å². The summed E-state index contributed by atoms with van der Waals surface area (Å²) < 4.78 is 8.21. The standard InChI is InChI=1S/C14H18BrN3O/c1-10-4-5-12(15)13(8-10)17-14-16-11(2)9-18(14)6-7-19-3/h4-5,8-9H,6-7H2,1-3H3,(H,16,17). The van der Waals surface area contributed by atoms with E-state index >= 15 is 0 Å². The predicted octanol–water partition coefficient (Wildman–Crippen LogP) is 3.65. The first-order chi connectivity index (χ1) is 9.10. The van der Waals surface area contributed by atoms with E-state index in [-0.39, 0.29) is 0 Å². The van der Waals surface area contributed by atoms with E-state index < -0.39 is 0 Å². The molecule has 1 heterocycles. The molecule has 0 bridgehead atoms. The normalized spacial score (nSPS) is 10.7. The zero-order chi connectivity index (χ0) is 13.8. The second kappa shape index (κ2) is 6.21. The first-order valence-corrected chi connectivity index (χ1v) is 6.95. The average molecular weight is 324 g/mol. The molecule has 0 radical (unpaired) electrons. The molecule has 0 unspecified atom stereocenters. The Labute approximate surface area is 121 Å². The molecule has 1 aromatic heterocycles. The van der Waals surface area contributed by atoms with Crippen molar-refractivity contribution in [2.75, 3.05) is 19.0 Å². The summed E-state index contributed by atoms with van der Waals surface area (Å²) in [5, 5.41) is 3.36. The fourth-order valence-electron chi connectivity index (χ4n) is 1.86. The zero-order valence-corrected chi connectivity index (χ0v) is 13.0. The molecule has 4 nitrogen and oxygen atoms in total. The van der Waals surface area contributed by atoms with Crippen LogP contribution in [-0.4, -0.2) is 23.3 Å². The van der Waals surface area contributed by atoms with E-state index in [9.17, 15) is 0 Å². The number of aromatic nitrogens is 2. The van der Waals surface area contributed by atoms with Crippen molar-refractivity contribution in [2.24, 2.45) is 0 Å². The topological polar surface area (TPSA) is 39.1 Å². The van der Waals surface area contributed by atoms with Gasteiger partial charge in [-0.1, -0.05) is 6.07 Å². The highest BCUT2D eigenvalue weighted by atomic mass is 79.9. The lowest BCUT2D eigenvalue weighted by Crippen LogP contribution is -2.07. The molecular formula is C14H18BrN3O. The Morgan fingerprint density at radius 2 is 2.16 bits per heavy atom. The molecule has 0 fully saturated rings. The van der Waals surface area contributed by atoms with Crippen molar-refractivity contribution in [3.05, 3.63) is 40.1 Å². The fraction of sp³-hybridized carbons (Fsp3) is 0.357. The van der Waals surface area contributed by atoms with Crippen LogP contribution in [0.2, 0.25) is 0 Å². The maximum atomic E-state index is 5.12. The van der Waals surface area contributed by atoms with Crippen LogP contribution in [0.4, 0.5) is 11.6 Å². The smallest absolute Gasteiger partial charge is 0.207 e.